The zero-order valence-electron chi connectivity index (χ0n) is 9.94. The van der Waals surface area contributed by atoms with Gasteiger partial charge in [-0.3, -0.25) is 0 Å². The molecule has 1 aromatic carbocycles. The van der Waals surface area contributed by atoms with E-state index in [0.717, 1.165) is 12.3 Å². The van der Waals surface area contributed by atoms with Gasteiger partial charge in [-0.1, -0.05) is 12.1 Å². The van der Waals surface area contributed by atoms with Crippen LogP contribution in [-0.4, -0.2) is 21.0 Å². The zero-order valence-corrected chi connectivity index (χ0v) is 9.94. The number of aromatic amines is 1. The van der Waals surface area contributed by atoms with Crippen molar-refractivity contribution in [2.75, 3.05) is 0 Å². The number of nitrogens with zero attached hydrogens (tertiary/aromatic N) is 1. The van der Waals surface area contributed by atoms with Gasteiger partial charge in [0.05, 0.1) is 11.8 Å². The van der Waals surface area contributed by atoms with Gasteiger partial charge in [0.2, 0.25) is 0 Å². The smallest absolute Gasteiger partial charge is 0.419 e. The summed E-state index contributed by atoms with van der Waals surface area (Å²) in [6.45, 7) is -0.291. The Hall–Kier alpha value is -2.51. The molecule has 106 valence electrons. The van der Waals surface area contributed by atoms with Gasteiger partial charge < -0.3 is 14.8 Å². The lowest BCUT2D eigenvalue weighted by Gasteiger charge is -2.12. The van der Waals surface area contributed by atoms with Crippen LogP contribution in [0.2, 0.25) is 0 Å². The molecule has 0 aliphatic heterocycles. The molecular formula is C12H9F3N2O3. The molecule has 2 N–H and O–H groups in total. The predicted molar refractivity (Wildman–Crippen MR) is 61.3 cm³/mol. The van der Waals surface area contributed by atoms with Crippen LogP contribution in [0.3, 0.4) is 0 Å². The Balaban J connectivity index is 2.13. The maximum atomic E-state index is 12.7. The van der Waals surface area contributed by atoms with E-state index in [1.807, 2.05) is 0 Å². The van der Waals surface area contributed by atoms with Crippen LogP contribution in [0.4, 0.5) is 13.2 Å². The minimum atomic E-state index is -4.52. The van der Waals surface area contributed by atoms with E-state index in [4.69, 9.17) is 9.84 Å². The largest absolute Gasteiger partial charge is 0.485 e. The fourth-order valence-corrected chi connectivity index (χ4v) is 1.52. The fraction of sp³-hybridized carbons (Fsp3) is 0.167. The van der Waals surface area contributed by atoms with Crippen molar-refractivity contribution in [2.45, 2.75) is 12.8 Å². The molecule has 0 saturated heterocycles. The van der Waals surface area contributed by atoms with Crippen LogP contribution >= 0.6 is 0 Å². The Labute approximate surface area is 111 Å². The van der Waals surface area contributed by atoms with Crippen molar-refractivity contribution in [2.24, 2.45) is 0 Å². The molecule has 0 bridgehead atoms. The van der Waals surface area contributed by atoms with Gasteiger partial charge in [-0.2, -0.15) is 13.2 Å². The summed E-state index contributed by atoms with van der Waals surface area (Å²) in [6, 6.07) is 4.75. The first-order valence-corrected chi connectivity index (χ1v) is 5.44. The third-order valence-corrected chi connectivity index (χ3v) is 2.42. The van der Waals surface area contributed by atoms with Gasteiger partial charge >= 0.3 is 12.1 Å². The first kappa shape index (κ1) is 13.9. The number of nitrogens with one attached hydrogen (secondary N) is 1. The molecule has 0 aliphatic rings. The molecule has 0 unspecified atom stereocenters. The number of aromatic carboxylic acids is 1. The van der Waals surface area contributed by atoms with E-state index < -0.39 is 17.7 Å². The van der Waals surface area contributed by atoms with E-state index in [0.29, 0.717) is 0 Å². The molecule has 8 heteroatoms. The molecule has 20 heavy (non-hydrogen) atoms. The highest BCUT2D eigenvalue weighted by molar-refractivity contribution is 5.84. The van der Waals surface area contributed by atoms with Gasteiger partial charge in [0.1, 0.15) is 23.9 Å². The van der Waals surface area contributed by atoms with Crippen LogP contribution in [0, 0.1) is 0 Å². The Morgan fingerprint density at radius 3 is 2.65 bits per heavy atom. The highest BCUT2D eigenvalue weighted by Crippen LogP contribution is 2.36. The number of carboxylic acids is 1. The number of hydrogen-bond donors (Lipinski definition) is 2. The number of imidazole rings is 1. The molecule has 2 aromatic rings. The Morgan fingerprint density at radius 2 is 2.05 bits per heavy atom. The average Bonchev–Trinajstić information content (AvgIpc) is 2.84. The van der Waals surface area contributed by atoms with Gasteiger partial charge in [-0.05, 0) is 12.1 Å². The van der Waals surface area contributed by atoms with E-state index in [9.17, 15) is 18.0 Å². The number of carboxylic acid groups (broad SMARTS) is 1. The Morgan fingerprint density at radius 1 is 1.35 bits per heavy atom. The molecule has 0 spiro atoms. The standard InChI is InChI=1S/C12H9F3N2O3/c13-12(14,15)7-3-1-2-4-9(7)20-6-10-16-5-8(17-10)11(18)19/h1-5H,6H2,(H,16,17)(H,18,19). The van der Waals surface area contributed by atoms with Gasteiger partial charge in [0.15, 0.2) is 0 Å². The lowest BCUT2D eigenvalue weighted by atomic mass is 10.2. The van der Waals surface area contributed by atoms with Crippen molar-refractivity contribution >= 4 is 5.97 Å². The van der Waals surface area contributed by atoms with Gasteiger partial charge in [0.25, 0.3) is 0 Å². The second kappa shape index (κ2) is 5.24. The topological polar surface area (TPSA) is 75.2 Å². The molecule has 1 aromatic heterocycles. The van der Waals surface area contributed by atoms with Crippen LogP contribution in [0.25, 0.3) is 0 Å². The number of hydrogen-bond acceptors (Lipinski definition) is 3. The average molecular weight is 286 g/mol. The van der Waals surface area contributed by atoms with E-state index in [1.54, 1.807) is 0 Å². The molecule has 0 amide bonds. The highest BCUT2D eigenvalue weighted by atomic mass is 19.4. The minimum absolute atomic E-state index is 0.124. The lowest BCUT2D eigenvalue weighted by molar-refractivity contribution is -0.139. The molecular weight excluding hydrogens is 277 g/mol. The number of rotatable bonds is 4. The number of H-pyrrole nitrogens is 1. The van der Waals surface area contributed by atoms with Crippen molar-refractivity contribution in [3.05, 3.63) is 47.5 Å². The Bertz CT molecular complexity index is 622. The maximum Gasteiger partial charge on any atom is 0.419 e. The number of benzene rings is 1. The third-order valence-electron chi connectivity index (χ3n) is 2.42. The van der Waals surface area contributed by atoms with Gasteiger partial charge in [-0.15, -0.1) is 0 Å². The minimum Gasteiger partial charge on any atom is -0.485 e. The summed E-state index contributed by atoms with van der Waals surface area (Å²) in [5.74, 6) is -1.42. The predicted octanol–water partition coefficient (Wildman–Crippen LogP) is 2.71. The van der Waals surface area contributed by atoms with E-state index in [-0.39, 0.29) is 23.9 Å². The summed E-state index contributed by atoms with van der Waals surface area (Å²) >= 11 is 0. The quantitative estimate of drug-likeness (QED) is 0.906. The maximum absolute atomic E-state index is 12.7. The monoisotopic (exact) mass is 286 g/mol. The summed E-state index contributed by atoms with van der Waals surface area (Å²) in [5.41, 5.74) is -1.06. The third kappa shape index (κ3) is 3.08. The van der Waals surface area contributed by atoms with Crippen molar-refractivity contribution in [3.63, 3.8) is 0 Å². The number of ether oxygens (including phenoxy) is 1. The zero-order chi connectivity index (χ0) is 14.8. The number of halogens is 3. The van der Waals surface area contributed by atoms with Crippen molar-refractivity contribution in [1.82, 2.24) is 9.97 Å². The first-order valence-electron chi connectivity index (χ1n) is 5.44. The SMILES string of the molecule is O=C(O)c1cnc(COc2ccccc2C(F)(F)F)[nH]1. The molecule has 0 radical (unpaired) electrons. The normalized spacial score (nSPS) is 11.3. The van der Waals surface area contributed by atoms with Crippen molar-refractivity contribution in [1.29, 1.82) is 0 Å². The van der Waals surface area contributed by atoms with Gasteiger partial charge in [0, 0.05) is 0 Å². The van der Waals surface area contributed by atoms with Gasteiger partial charge in [-0.25, -0.2) is 9.78 Å². The van der Waals surface area contributed by atoms with Crippen LogP contribution in [0.5, 0.6) is 5.75 Å². The first-order chi connectivity index (χ1) is 9.38. The fourth-order valence-electron chi connectivity index (χ4n) is 1.52. The molecule has 1 heterocycles. The number of para-hydroxylation sites is 1. The number of aromatic nitrogens is 2. The van der Waals surface area contributed by atoms with E-state index >= 15 is 0 Å². The second-order valence-corrected chi connectivity index (χ2v) is 3.83. The number of carbonyl (C=O) groups is 1. The van der Waals surface area contributed by atoms with Crippen molar-refractivity contribution in [3.8, 4) is 5.75 Å². The van der Waals surface area contributed by atoms with E-state index in [1.165, 1.54) is 18.2 Å². The lowest BCUT2D eigenvalue weighted by Crippen LogP contribution is -2.09. The molecule has 0 saturated carbocycles. The summed E-state index contributed by atoms with van der Waals surface area (Å²) in [4.78, 5) is 16.7. The Kier molecular flexibility index (Phi) is 3.64. The van der Waals surface area contributed by atoms with Crippen LogP contribution in [-0.2, 0) is 12.8 Å². The summed E-state index contributed by atoms with van der Waals surface area (Å²) in [6.07, 6.45) is -3.46. The number of alkyl halides is 3. The summed E-state index contributed by atoms with van der Waals surface area (Å²) < 4.78 is 43.1. The molecule has 0 fully saturated rings. The van der Waals surface area contributed by atoms with Crippen molar-refractivity contribution < 1.29 is 27.8 Å². The van der Waals surface area contributed by atoms with Crippen LogP contribution < -0.4 is 4.74 Å². The van der Waals surface area contributed by atoms with Crippen LogP contribution in [0.15, 0.2) is 30.5 Å². The second-order valence-electron chi connectivity index (χ2n) is 3.83. The molecule has 2 rings (SSSR count). The van der Waals surface area contributed by atoms with Crippen LogP contribution in [0.1, 0.15) is 21.9 Å². The highest BCUT2D eigenvalue weighted by Gasteiger charge is 2.34. The summed E-state index contributed by atoms with van der Waals surface area (Å²) in [7, 11) is 0. The molecule has 0 aliphatic carbocycles. The van der Waals surface area contributed by atoms with E-state index in [2.05, 4.69) is 9.97 Å². The summed E-state index contributed by atoms with van der Waals surface area (Å²) in [5, 5.41) is 8.67. The molecule has 0 atom stereocenters. The molecule has 5 nitrogen and oxygen atoms in total.